The van der Waals surface area contributed by atoms with Crippen molar-refractivity contribution in [3.05, 3.63) is 72.9 Å². The van der Waals surface area contributed by atoms with Gasteiger partial charge in [-0.3, -0.25) is 14.4 Å². The van der Waals surface area contributed by atoms with Gasteiger partial charge in [0.2, 0.25) is 0 Å². The second-order valence-corrected chi connectivity index (χ2v) is 18.8. The lowest BCUT2D eigenvalue weighted by molar-refractivity contribution is -0.301. The second kappa shape index (κ2) is 47.2. The van der Waals surface area contributed by atoms with Gasteiger partial charge in [0.15, 0.2) is 24.6 Å². The lowest BCUT2D eigenvalue weighted by atomic mass is 9.98. The molecule has 71 heavy (non-hydrogen) atoms. The molecule has 0 radical (unpaired) electrons. The lowest BCUT2D eigenvalue weighted by Gasteiger charge is -2.40. The lowest BCUT2D eigenvalue weighted by Crippen LogP contribution is -2.61. The average molecular weight is 999 g/mol. The van der Waals surface area contributed by atoms with Crippen LogP contribution in [-0.2, 0) is 42.9 Å². The smallest absolute Gasteiger partial charge is 0.335 e. The molecule has 6 unspecified atom stereocenters. The SMILES string of the molecule is CC/C=C\C/C=C\C/C=C\C/C=C\CCC(=O)OC(COC(=O)CCCCCCCCC/C=C\C/C=C\CCCCC)COC1OC(C(=O)O)C(O)C(O)C1OC(=O)CCCCCCCCCCCCC. The molecule has 3 N–H and O–H groups in total. The molecule has 0 amide bonds. The van der Waals surface area contributed by atoms with Crippen molar-refractivity contribution in [3.8, 4) is 0 Å². The van der Waals surface area contributed by atoms with Crippen molar-refractivity contribution >= 4 is 23.9 Å². The van der Waals surface area contributed by atoms with E-state index in [4.69, 9.17) is 23.7 Å². The van der Waals surface area contributed by atoms with Crippen molar-refractivity contribution in [1.29, 1.82) is 0 Å². The van der Waals surface area contributed by atoms with Crippen LogP contribution in [0.25, 0.3) is 0 Å². The third-order valence-electron chi connectivity index (χ3n) is 12.3. The van der Waals surface area contributed by atoms with Gasteiger partial charge in [0, 0.05) is 19.3 Å². The molecular formula is C59H98O12. The predicted molar refractivity (Wildman–Crippen MR) is 285 cm³/mol. The van der Waals surface area contributed by atoms with Gasteiger partial charge in [-0.2, -0.15) is 0 Å². The summed E-state index contributed by atoms with van der Waals surface area (Å²) in [6, 6.07) is 0. The molecule has 0 saturated carbocycles. The molecule has 1 rings (SSSR count). The number of unbranched alkanes of at least 4 members (excludes halogenated alkanes) is 20. The summed E-state index contributed by atoms with van der Waals surface area (Å²) in [5.41, 5.74) is 0. The number of hydrogen-bond acceptors (Lipinski definition) is 11. The first-order valence-corrected chi connectivity index (χ1v) is 27.9. The summed E-state index contributed by atoms with van der Waals surface area (Å²) in [6.45, 7) is 5.75. The molecule has 0 aromatic carbocycles. The molecule has 6 atom stereocenters. The van der Waals surface area contributed by atoms with Crippen molar-refractivity contribution in [2.75, 3.05) is 13.2 Å². The fourth-order valence-electron chi connectivity index (χ4n) is 8.00. The molecule has 0 bridgehead atoms. The Bertz CT molecular complexity index is 1510. The van der Waals surface area contributed by atoms with E-state index in [1.807, 2.05) is 12.2 Å². The first kappa shape index (κ1) is 65.2. The zero-order chi connectivity index (χ0) is 51.8. The Kier molecular flexibility index (Phi) is 43.3. The van der Waals surface area contributed by atoms with Crippen molar-refractivity contribution in [2.45, 2.75) is 263 Å². The Morgan fingerprint density at radius 3 is 1.44 bits per heavy atom. The van der Waals surface area contributed by atoms with Crippen LogP contribution in [0.2, 0.25) is 0 Å². The van der Waals surface area contributed by atoms with E-state index in [1.54, 1.807) is 0 Å². The van der Waals surface area contributed by atoms with E-state index in [9.17, 15) is 34.5 Å². The fraction of sp³-hybridized carbons (Fsp3) is 0.729. The third kappa shape index (κ3) is 37.6. The number of carboxylic acid groups (broad SMARTS) is 1. The molecule has 12 heteroatoms. The minimum atomic E-state index is -1.91. The molecule has 1 heterocycles. The summed E-state index contributed by atoms with van der Waals surface area (Å²) in [4.78, 5) is 50.9. The van der Waals surface area contributed by atoms with Gasteiger partial charge in [-0.25, -0.2) is 4.79 Å². The summed E-state index contributed by atoms with van der Waals surface area (Å²) >= 11 is 0. The van der Waals surface area contributed by atoms with E-state index in [-0.39, 0.29) is 25.9 Å². The number of ether oxygens (including phenoxy) is 5. The molecular weight excluding hydrogens is 901 g/mol. The Morgan fingerprint density at radius 2 is 0.915 bits per heavy atom. The topological polar surface area (TPSA) is 175 Å². The summed E-state index contributed by atoms with van der Waals surface area (Å²) in [5, 5.41) is 31.4. The molecule has 0 aromatic rings. The number of hydrogen-bond donors (Lipinski definition) is 3. The molecule has 12 nitrogen and oxygen atoms in total. The van der Waals surface area contributed by atoms with Crippen LogP contribution in [0.3, 0.4) is 0 Å². The first-order valence-electron chi connectivity index (χ1n) is 27.9. The van der Waals surface area contributed by atoms with Gasteiger partial charge in [0.1, 0.15) is 18.8 Å². The summed E-state index contributed by atoms with van der Waals surface area (Å²) in [7, 11) is 0. The number of esters is 3. The maximum atomic E-state index is 13.1. The molecule has 1 fully saturated rings. The largest absolute Gasteiger partial charge is 0.479 e. The van der Waals surface area contributed by atoms with Crippen LogP contribution in [0, 0.1) is 0 Å². The molecule has 406 valence electrons. The first-order chi connectivity index (χ1) is 34.6. The highest BCUT2D eigenvalue weighted by atomic mass is 16.7. The number of aliphatic hydroxyl groups is 2. The van der Waals surface area contributed by atoms with Crippen LogP contribution in [0.5, 0.6) is 0 Å². The summed E-state index contributed by atoms with van der Waals surface area (Å²) in [5.74, 6) is -3.24. The minimum absolute atomic E-state index is 0.0391. The van der Waals surface area contributed by atoms with Crippen LogP contribution >= 0.6 is 0 Å². The number of aliphatic carboxylic acids is 1. The summed E-state index contributed by atoms with van der Waals surface area (Å²) < 4.78 is 28.2. The van der Waals surface area contributed by atoms with Gasteiger partial charge in [-0.1, -0.05) is 203 Å². The van der Waals surface area contributed by atoms with Crippen LogP contribution in [0.1, 0.15) is 226 Å². The quantitative estimate of drug-likeness (QED) is 0.0228. The average Bonchev–Trinajstić information content (AvgIpc) is 3.35. The number of aliphatic hydroxyl groups excluding tert-OH is 2. The van der Waals surface area contributed by atoms with E-state index in [1.165, 1.54) is 77.0 Å². The normalized spacial score (nSPS) is 19.0. The van der Waals surface area contributed by atoms with Crippen molar-refractivity contribution < 1.29 is 58.2 Å². The van der Waals surface area contributed by atoms with Crippen molar-refractivity contribution in [2.24, 2.45) is 0 Å². The van der Waals surface area contributed by atoms with E-state index >= 15 is 0 Å². The van der Waals surface area contributed by atoms with Gasteiger partial charge in [-0.15, -0.1) is 0 Å². The zero-order valence-corrected chi connectivity index (χ0v) is 44.4. The molecule has 1 saturated heterocycles. The molecule has 1 aliphatic rings. The Morgan fingerprint density at radius 1 is 0.479 bits per heavy atom. The molecule has 0 aromatic heterocycles. The van der Waals surface area contributed by atoms with E-state index < -0.39 is 67.3 Å². The molecule has 0 spiro atoms. The Balaban J connectivity index is 2.74. The van der Waals surface area contributed by atoms with Crippen LogP contribution in [0.15, 0.2) is 72.9 Å². The van der Waals surface area contributed by atoms with Crippen molar-refractivity contribution in [1.82, 2.24) is 0 Å². The fourth-order valence-corrected chi connectivity index (χ4v) is 8.00. The number of carboxylic acids is 1. The highest BCUT2D eigenvalue weighted by Crippen LogP contribution is 2.26. The number of allylic oxidation sites excluding steroid dienone is 12. The van der Waals surface area contributed by atoms with Crippen molar-refractivity contribution in [3.63, 3.8) is 0 Å². The van der Waals surface area contributed by atoms with E-state index in [2.05, 4.69) is 81.5 Å². The second-order valence-electron chi connectivity index (χ2n) is 18.8. The maximum Gasteiger partial charge on any atom is 0.335 e. The number of carbonyl (C=O) groups is 4. The third-order valence-corrected chi connectivity index (χ3v) is 12.3. The number of carbonyl (C=O) groups excluding carboxylic acids is 3. The highest BCUT2D eigenvalue weighted by Gasteiger charge is 2.50. The Hall–Kier alpha value is -3.84. The molecule has 0 aliphatic carbocycles. The van der Waals surface area contributed by atoms with Gasteiger partial charge in [-0.05, 0) is 77.0 Å². The van der Waals surface area contributed by atoms with Gasteiger partial charge in [0.25, 0.3) is 0 Å². The van der Waals surface area contributed by atoms with Crippen LogP contribution in [0.4, 0.5) is 0 Å². The van der Waals surface area contributed by atoms with Crippen LogP contribution < -0.4 is 0 Å². The van der Waals surface area contributed by atoms with Crippen LogP contribution in [-0.4, -0.2) is 89.2 Å². The predicted octanol–water partition coefficient (Wildman–Crippen LogP) is 13.8. The highest BCUT2D eigenvalue weighted by molar-refractivity contribution is 5.74. The van der Waals surface area contributed by atoms with Gasteiger partial charge >= 0.3 is 23.9 Å². The van der Waals surface area contributed by atoms with Gasteiger partial charge < -0.3 is 39.0 Å². The monoisotopic (exact) mass is 999 g/mol. The summed E-state index contributed by atoms with van der Waals surface area (Å²) in [6.07, 6.45) is 46.2. The van der Waals surface area contributed by atoms with Gasteiger partial charge in [0.05, 0.1) is 6.61 Å². The van der Waals surface area contributed by atoms with E-state index in [0.717, 1.165) is 83.5 Å². The Labute approximate surface area is 429 Å². The van der Waals surface area contributed by atoms with E-state index in [0.29, 0.717) is 25.7 Å². The zero-order valence-electron chi connectivity index (χ0n) is 44.4. The minimum Gasteiger partial charge on any atom is -0.479 e. The standard InChI is InChI=1S/C59H98O12/c1-4-7-10-13-16-19-22-24-25-26-27-29-31-33-36-39-42-45-51(60)67-48-50(69-52(61)46-43-40-37-35-32-28-23-20-17-14-11-8-5-2)49-68-59-57(55(64)54(63)56(71-59)58(65)66)70-53(62)47-44-41-38-34-30-21-18-15-12-9-6-3/h8,11,16-17,19-20,24-25,28,32,37,40,50,54-57,59,63-64H,4-7,9-10,12-15,18,21-23,26-27,29-31,33-36,38-39,41-49H2,1-3H3,(H,65,66)/b11-8-,19-16-,20-17-,25-24-,32-28-,40-37-. The maximum absolute atomic E-state index is 13.1. The number of rotatable bonds is 46. The molecule has 1 aliphatic heterocycles.